The smallest absolute Gasteiger partial charge is 0.257 e. The van der Waals surface area contributed by atoms with Crippen LogP contribution in [0.1, 0.15) is 17.3 Å². The van der Waals surface area contributed by atoms with E-state index < -0.39 is 5.82 Å². The summed E-state index contributed by atoms with van der Waals surface area (Å²) >= 11 is 9.04. The number of hydrogen-bond donors (Lipinski definition) is 1. The highest BCUT2D eigenvalue weighted by Crippen LogP contribution is 2.26. The molecule has 1 aliphatic heterocycles. The second-order valence-corrected chi connectivity index (χ2v) is 5.56. The topological polar surface area (TPSA) is 32.3 Å². The molecule has 0 bridgehead atoms. The third-order valence-corrected chi connectivity index (χ3v) is 4.20. The van der Waals surface area contributed by atoms with E-state index in [9.17, 15) is 9.18 Å². The third kappa shape index (κ3) is 2.68. The maximum Gasteiger partial charge on any atom is 0.257 e. The summed E-state index contributed by atoms with van der Waals surface area (Å²) in [5.41, 5.74) is 0.0250. The highest BCUT2D eigenvalue weighted by molar-refractivity contribution is 9.10. The predicted molar refractivity (Wildman–Crippen MR) is 72.5 cm³/mol. The summed E-state index contributed by atoms with van der Waals surface area (Å²) in [7, 11) is 0. The first kappa shape index (κ1) is 13.8. The molecule has 1 aliphatic rings. The molecule has 1 saturated heterocycles. The Morgan fingerprint density at radius 1 is 1.61 bits per heavy atom. The molecule has 1 aromatic carbocycles. The average molecular weight is 336 g/mol. The molecule has 3 nitrogen and oxygen atoms in total. The van der Waals surface area contributed by atoms with Gasteiger partial charge in [0.05, 0.1) is 10.6 Å². The number of halogens is 3. The van der Waals surface area contributed by atoms with E-state index in [-0.39, 0.29) is 17.5 Å². The Kier molecular flexibility index (Phi) is 4.25. The minimum atomic E-state index is -0.554. The lowest BCUT2D eigenvalue weighted by atomic mass is 10.1. The number of amides is 1. The fraction of sp³-hybridized carbons (Fsp3) is 0.417. The molecule has 0 radical (unpaired) electrons. The molecule has 2 rings (SSSR count). The lowest BCUT2D eigenvalue weighted by Crippen LogP contribution is -2.52. The summed E-state index contributed by atoms with van der Waals surface area (Å²) in [4.78, 5) is 13.9. The van der Waals surface area contributed by atoms with Gasteiger partial charge in [0.25, 0.3) is 5.91 Å². The first-order valence-electron chi connectivity index (χ1n) is 5.67. The van der Waals surface area contributed by atoms with E-state index in [2.05, 4.69) is 21.2 Å². The molecule has 1 atom stereocenters. The van der Waals surface area contributed by atoms with Gasteiger partial charge in [-0.3, -0.25) is 4.79 Å². The summed E-state index contributed by atoms with van der Waals surface area (Å²) in [6.45, 7) is 3.95. The molecule has 6 heteroatoms. The number of hydrogen-bond acceptors (Lipinski definition) is 2. The van der Waals surface area contributed by atoms with Gasteiger partial charge in [0.1, 0.15) is 5.82 Å². The molecule has 1 unspecified atom stereocenters. The predicted octanol–water partition coefficient (Wildman–Crippen LogP) is 2.68. The lowest BCUT2D eigenvalue weighted by Gasteiger charge is -2.34. The maximum absolute atomic E-state index is 13.8. The van der Waals surface area contributed by atoms with Crippen LogP contribution in [0.15, 0.2) is 16.6 Å². The Labute approximate surface area is 118 Å². The van der Waals surface area contributed by atoms with Gasteiger partial charge in [0, 0.05) is 30.1 Å². The molecule has 98 valence electrons. The van der Waals surface area contributed by atoms with Crippen molar-refractivity contribution in [2.75, 3.05) is 19.6 Å². The normalized spacial score (nSPS) is 20.0. The van der Waals surface area contributed by atoms with Crippen molar-refractivity contribution in [1.29, 1.82) is 0 Å². The highest BCUT2D eigenvalue weighted by Gasteiger charge is 2.26. The zero-order valence-electron chi connectivity index (χ0n) is 9.84. The van der Waals surface area contributed by atoms with E-state index in [0.717, 1.165) is 13.1 Å². The molecular formula is C12H13BrClFN2O. The Bertz CT molecular complexity index is 483. The van der Waals surface area contributed by atoms with Crippen LogP contribution in [0, 0.1) is 5.82 Å². The second kappa shape index (κ2) is 5.55. The van der Waals surface area contributed by atoms with Crippen molar-refractivity contribution in [2.24, 2.45) is 0 Å². The number of nitrogens with one attached hydrogen (secondary N) is 1. The second-order valence-electron chi connectivity index (χ2n) is 4.30. The van der Waals surface area contributed by atoms with Gasteiger partial charge >= 0.3 is 0 Å². The molecule has 1 aromatic rings. The van der Waals surface area contributed by atoms with Crippen molar-refractivity contribution < 1.29 is 9.18 Å². The largest absolute Gasteiger partial charge is 0.333 e. The molecule has 0 saturated carbocycles. The van der Waals surface area contributed by atoms with Gasteiger partial charge in [-0.25, -0.2) is 4.39 Å². The monoisotopic (exact) mass is 334 g/mol. The van der Waals surface area contributed by atoms with Crippen LogP contribution in [0.25, 0.3) is 0 Å². The fourth-order valence-electron chi connectivity index (χ4n) is 1.98. The molecule has 1 heterocycles. The van der Waals surface area contributed by atoms with E-state index in [4.69, 9.17) is 11.6 Å². The molecule has 0 aliphatic carbocycles. The molecule has 0 spiro atoms. The fourth-order valence-corrected chi connectivity index (χ4v) is 2.46. The number of carbonyl (C=O) groups is 1. The number of nitrogens with zero attached hydrogens (tertiary/aromatic N) is 1. The molecule has 1 N–H and O–H groups in total. The average Bonchev–Trinajstić information content (AvgIpc) is 2.33. The van der Waals surface area contributed by atoms with Crippen molar-refractivity contribution in [1.82, 2.24) is 10.2 Å². The van der Waals surface area contributed by atoms with Crippen LogP contribution in [0.5, 0.6) is 0 Å². The van der Waals surface area contributed by atoms with Crippen LogP contribution >= 0.6 is 27.5 Å². The first-order valence-corrected chi connectivity index (χ1v) is 6.84. The minimum Gasteiger partial charge on any atom is -0.333 e. The quantitative estimate of drug-likeness (QED) is 0.800. The number of benzene rings is 1. The van der Waals surface area contributed by atoms with Gasteiger partial charge in [0.2, 0.25) is 0 Å². The molecule has 18 heavy (non-hydrogen) atoms. The van der Waals surface area contributed by atoms with E-state index in [1.165, 1.54) is 12.1 Å². The molecule has 0 aromatic heterocycles. The Hall–Kier alpha value is -0.650. The first-order chi connectivity index (χ1) is 8.50. The third-order valence-electron chi connectivity index (χ3n) is 3.00. The Balaban J connectivity index is 2.30. The number of piperazine rings is 1. The Morgan fingerprint density at radius 3 is 3.00 bits per heavy atom. The zero-order valence-corrected chi connectivity index (χ0v) is 12.2. The van der Waals surface area contributed by atoms with Crippen LogP contribution in [0.3, 0.4) is 0 Å². The van der Waals surface area contributed by atoms with Crippen LogP contribution in [0.2, 0.25) is 5.02 Å². The van der Waals surface area contributed by atoms with Crippen LogP contribution in [-0.2, 0) is 0 Å². The standard InChI is InChI=1S/C12H13BrClFN2O/c1-7-6-16-2-3-17(7)12(18)8-4-10(14)9(13)5-11(8)15/h4-5,7,16H,2-3,6H2,1H3. The number of rotatable bonds is 1. The minimum absolute atomic E-state index is 0.0250. The van der Waals surface area contributed by atoms with Gasteiger partial charge in [0.15, 0.2) is 0 Å². The van der Waals surface area contributed by atoms with Crippen molar-refractivity contribution in [3.05, 3.63) is 33.0 Å². The van der Waals surface area contributed by atoms with E-state index in [1.807, 2.05) is 6.92 Å². The zero-order chi connectivity index (χ0) is 13.3. The summed E-state index contributed by atoms with van der Waals surface area (Å²) in [5, 5.41) is 3.52. The maximum atomic E-state index is 13.8. The summed E-state index contributed by atoms with van der Waals surface area (Å²) in [5.74, 6) is -0.863. The summed E-state index contributed by atoms with van der Waals surface area (Å²) < 4.78 is 14.3. The Morgan fingerprint density at radius 2 is 2.33 bits per heavy atom. The van der Waals surface area contributed by atoms with E-state index in [1.54, 1.807) is 4.90 Å². The van der Waals surface area contributed by atoms with Gasteiger partial charge in [-0.2, -0.15) is 0 Å². The van der Waals surface area contributed by atoms with Crippen LogP contribution < -0.4 is 5.32 Å². The van der Waals surface area contributed by atoms with Crippen molar-refractivity contribution in [3.63, 3.8) is 0 Å². The van der Waals surface area contributed by atoms with Crippen molar-refractivity contribution >= 4 is 33.4 Å². The van der Waals surface area contributed by atoms with Crippen molar-refractivity contribution in [3.8, 4) is 0 Å². The summed E-state index contributed by atoms with van der Waals surface area (Å²) in [6.07, 6.45) is 0. The van der Waals surface area contributed by atoms with Gasteiger partial charge in [-0.1, -0.05) is 11.6 Å². The number of carbonyl (C=O) groups excluding carboxylic acids is 1. The highest BCUT2D eigenvalue weighted by atomic mass is 79.9. The van der Waals surface area contributed by atoms with Gasteiger partial charge in [-0.05, 0) is 35.0 Å². The van der Waals surface area contributed by atoms with E-state index in [0.29, 0.717) is 16.0 Å². The summed E-state index contributed by atoms with van der Waals surface area (Å²) in [6, 6.07) is 2.65. The van der Waals surface area contributed by atoms with Crippen molar-refractivity contribution in [2.45, 2.75) is 13.0 Å². The molecule has 1 amide bonds. The van der Waals surface area contributed by atoms with E-state index >= 15 is 0 Å². The van der Waals surface area contributed by atoms with Gasteiger partial charge in [-0.15, -0.1) is 0 Å². The molecular weight excluding hydrogens is 323 g/mol. The van der Waals surface area contributed by atoms with Crippen LogP contribution in [-0.4, -0.2) is 36.5 Å². The SMILES string of the molecule is CC1CNCCN1C(=O)c1cc(Cl)c(Br)cc1F. The lowest BCUT2D eigenvalue weighted by molar-refractivity contribution is 0.0651. The van der Waals surface area contributed by atoms with Gasteiger partial charge < -0.3 is 10.2 Å². The molecule has 1 fully saturated rings. The van der Waals surface area contributed by atoms with Crippen LogP contribution in [0.4, 0.5) is 4.39 Å².